The molecule has 1 heterocycles. The minimum Gasteiger partial charge on any atom is -0.383 e. The molecule has 1 aromatic heterocycles. The molecule has 9 heteroatoms. The molecule has 2 aromatic carbocycles. The Morgan fingerprint density at radius 1 is 1.07 bits per heavy atom. The van der Waals surface area contributed by atoms with Crippen molar-refractivity contribution in [3.8, 4) is 11.3 Å². The number of nitrogens with zero attached hydrogens (tertiary/aromatic N) is 2. The number of rotatable bonds is 4. The molecule has 0 saturated carbocycles. The van der Waals surface area contributed by atoms with Crippen molar-refractivity contribution in [1.29, 1.82) is 0 Å². The van der Waals surface area contributed by atoms with E-state index in [4.69, 9.17) is 23.1 Å². The van der Waals surface area contributed by atoms with Crippen molar-refractivity contribution < 1.29 is 9.59 Å². The molecule has 3 aromatic rings. The summed E-state index contributed by atoms with van der Waals surface area (Å²) in [6.07, 6.45) is 0. The first-order valence-corrected chi connectivity index (χ1v) is 8.29. The molecule has 27 heavy (non-hydrogen) atoms. The van der Waals surface area contributed by atoms with E-state index in [-0.39, 0.29) is 11.4 Å². The lowest BCUT2D eigenvalue weighted by molar-refractivity contribution is 0.100. The van der Waals surface area contributed by atoms with E-state index in [1.807, 2.05) is 0 Å². The number of anilines is 3. The third kappa shape index (κ3) is 4.01. The molecular formula is C18H17ClN6O2. The van der Waals surface area contributed by atoms with Crippen LogP contribution in [0.3, 0.4) is 0 Å². The summed E-state index contributed by atoms with van der Waals surface area (Å²) in [5, 5.41) is 10.2. The van der Waals surface area contributed by atoms with Gasteiger partial charge in [0.1, 0.15) is 17.1 Å². The standard InChI is InChI=1S/C18H17ClN6O2/c1-25-16(20)14(17(21)26)15(24-25)10-5-7-12(8-6-10)22-18(27)23-13-4-2-3-11(19)9-13/h2-9H,20H2,1H3,(H2,21,26)(H2,22,23,27). The third-order valence-electron chi connectivity index (χ3n) is 3.84. The third-order valence-corrected chi connectivity index (χ3v) is 4.07. The quantitative estimate of drug-likeness (QED) is 0.551. The molecular weight excluding hydrogens is 368 g/mol. The number of nitrogens with one attached hydrogen (secondary N) is 2. The van der Waals surface area contributed by atoms with Gasteiger partial charge in [-0.25, -0.2) is 4.79 Å². The van der Waals surface area contributed by atoms with Crippen molar-refractivity contribution >= 4 is 40.7 Å². The molecule has 0 spiro atoms. The maximum absolute atomic E-state index is 12.1. The second kappa shape index (κ2) is 7.38. The van der Waals surface area contributed by atoms with Gasteiger partial charge in [-0.05, 0) is 30.3 Å². The zero-order valence-electron chi connectivity index (χ0n) is 14.4. The number of amides is 3. The van der Waals surface area contributed by atoms with Gasteiger partial charge in [0.15, 0.2) is 0 Å². The van der Waals surface area contributed by atoms with Crippen LogP contribution in [0.15, 0.2) is 48.5 Å². The number of carbonyl (C=O) groups excluding carboxylic acids is 2. The monoisotopic (exact) mass is 384 g/mol. The Morgan fingerprint density at radius 2 is 1.74 bits per heavy atom. The first kappa shape index (κ1) is 18.3. The topological polar surface area (TPSA) is 128 Å². The summed E-state index contributed by atoms with van der Waals surface area (Å²) < 4.78 is 1.39. The van der Waals surface area contributed by atoms with Crippen molar-refractivity contribution in [3.05, 3.63) is 59.1 Å². The second-order valence-electron chi connectivity index (χ2n) is 5.76. The average Bonchev–Trinajstić information content (AvgIpc) is 2.90. The molecule has 0 aliphatic rings. The lowest BCUT2D eigenvalue weighted by atomic mass is 10.1. The number of halogens is 1. The maximum atomic E-state index is 12.1. The van der Waals surface area contributed by atoms with Crippen LogP contribution < -0.4 is 22.1 Å². The SMILES string of the molecule is Cn1nc(-c2ccc(NC(=O)Nc3cccc(Cl)c3)cc2)c(C(N)=O)c1N. The second-order valence-corrected chi connectivity index (χ2v) is 6.20. The Bertz CT molecular complexity index is 1010. The Hall–Kier alpha value is -3.52. The van der Waals surface area contributed by atoms with Gasteiger partial charge in [0, 0.05) is 29.0 Å². The number of primary amides is 1. The van der Waals surface area contributed by atoms with Crippen LogP contribution in [0, 0.1) is 0 Å². The number of benzene rings is 2. The van der Waals surface area contributed by atoms with Crippen molar-refractivity contribution in [1.82, 2.24) is 9.78 Å². The Morgan fingerprint density at radius 3 is 2.37 bits per heavy atom. The van der Waals surface area contributed by atoms with Crippen molar-refractivity contribution in [3.63, 3.8) is 0 Å². The van der Waals surface area contributed by atoms with Gasteiger partial charge in [-0.15, -0.1) is 0 Å². The predicted molar refractivity (Wildman–Crippen MR) is 106 cm³/mol. The van der Waals surface area contributed by atoms with Gasteiger partial charge in [0.05, 0.1) is 0 Å². The largest absolute Gasteiger partial charge is 0.383 e. The summed E-state index contributed by atoms with van der Waals surface area (Å²) in [4.78, 5) is 23.7. The molecule has 0 atom stereocenters. The Kier molecular flexibility index (Phi) is 5.00. The Balaban J connectivity index is 1.75. The zero-order chi connectivity index (χ0) is 19.6. The van der Waals surface area contributed by atoms with Crippen molar-refractivity contribution in [2.24, 2.45) is 12.8 Å². The number of nitrogens with two attached hydrogens (primary N) is 2. The summed E-state index contributed by atoms with van der Waals surface area (Å²) in [7, 11) is 1.63. The van der Waals surface area contributed by atoms with Gasteiger partial charge in [-0.3, -0.25) is 9.48 Å². The molecule has 138 valence electrons. The number of urea groups is 1. The van der Waals surface area contributed by atoms with E-state index < -0.39 is 11.9 Å². The highest BCUT2D eigenvalue weighted by atomic mass is 35.5. The summed E-state index contributed by atoms with van der Waals surface area (Å²) in [6.45, 7) is 0. The van der Waals surface area contributed by atoms with Crippen LogP contribution in [0.1, 0.15) is 10.4 Å². The molecule has 6 N–H and O–H groups in total. The lowest BCUT2D eigenvalue weighted by Crippen LogP contribution is -2.19. The fourth-order valence-corrected chi connectivity index (χ4v) is 2.74. The van der Waals surface area contributed by atoms with Gasteiger partial charge in [-0.2, -0.15) is 5.10 Å². The van der Waals surface area contributed by atoms with Gasteiger partial charge in [-0.1, -0.05) is 29.8 Å². The van der Waals surface area contributed by atoms with E-state index in [0.717, 1.165) is 0 Å². The smallest absolute Gasteiger partial charge is 0.323 e. The number of hydrogen-bond donors (Lipinski definition) is 4. The van der Waals surface area contributed by atoms with Gasteiger partial charge < -0.3 is 22.1 Å². The first-order valence-electron chi connectivity index (χ1n) is 7.91. The van der Waals surface area contributed by atoms with Crippen molar-refractivity contribution in [2.75, 3.05) is 16.4 Å². The number of aromatic nitrogens is 2. The van der Waals surface area contributed by atoms with Crippen LogP contribution in [0.25, 0.3) is 11.3 Å². The van der Waals surface area contributed by atoms with Gasteiger partial charge >= 0.3 is 6.03 Å². The number of hydrogen-bond acceptors (Lipinski definition) is 4. The molecule has 0 aliphatic heterocycles. The van der Waals surface area contributed by atoms with Crippen LogP contribution in [0.5, 0.6) is 0 Å². The van der Waals surface area contributed by atoms with Crippen LogP contribution >= 0.6 is 11.6 Å². The molecule has 3 rings (SSSR count). The van der Waals surface area contributed by atoms with Crippen LogP contribution in [-0.2, 0) is 7.05 Å². The lowest BCUT2D eigenvalue weighted by Gasteiger charge is -2.08. The fourth-order valence-electron chi connectivity index (χ4n) is 2.55. The minimum absolute atomic E-state index is 0.164. The predicted octanol–water partition coefficient (Wildman–Crippen LogP) is 3.07. The normalized spacial score (nSPS) is 10.4. The van der Waals surface area contributed by atoms with E-state index in [1.54, 1.807) is 55.6 Å². The van der Waals surface area contributed by atoms with Crippen molar-refractivity contribution in [2.45, 2.75) is 0 Å². The summed E-state index contributed by atoms with van der Waals surface area (Å²) in [5.74, 6) is -0.459. The molecule has 0 saturated heterocycles. The van der Waals surface area contributed by atoms with E-state index in [0.29, 0.717) is 27.7 Å². The summed E-state index contributed by atoms with van der Waals surface area (Å²) in [5.41, 5.74) is 13.6. The van der Waals surface area contributed by atoms with Crippen LogP contribution in [0.4, 0.5) is 22.0 Å². The maximum Gasteiger partial charge on any atom is 0.323 e. The Labute approximate surface area is 160 Å². The highest BCUT2D eigenvalue weighted by Gasteiger charge is 2.20. The first-order chi connectivity index (χ1) is 12.8. The van der Waals surface area contributed by atoms with E-state index in [9.17, 15) is 9.59 Å². The molecule has 8 nitrogen and oxygen atoms in total. The van der Waals surface area contributed by atoms with Gasteiger partial charge in [0.2, 0.25) is 0 Å². The molecule has 0 aliphatic carbocycles. The zero-order valence-corrected chi connectivity index (χ0v) is 15.1. The molecule has 0 radical (unpaired) electrons. The average molecular weight is 385 g/mol. The number of aryl methyl sites for hydroxylation is 1. The fraction of sp³-hybridized carbons (Fsp3) is 0.0556. The minimum atomic E-state index is -0.654. The van der Waals surface area contributed by atoms with Crippen LogP contribution in [0.2, 0.25) is 5.02 Å². The van der Waals surface area contributed by atoms with Gasteiger partial charge in [0.25, 0.3) is 5.91 Å². The van der Waals surface area contributed by atoms with Crippen LogP contribution in [-0.4, -0.2) is 21.7 Å². The number of carbonyl (C=O) groups is 2. The summed E-state index contributed by atoms with van der Waals surface area (Å²) >= 11 is 5.89. The van der Waals surface area contributed by atoms with E-state index in [1.165, 1.54) is 4.68 Å². The molecule has 3 amide bonds. The van der Waals surface area contributed by atoms with E-state index >= 15 is 0 Å². The molecule has 0 fully saturated rings. The number of nitrogen functional groups attached to an aromatic ring is 1. The summed E-state index contributed by atoms with van der Waals surface area (Å²) in [6, 6.07) is 13.2. The molecule has 0 unspecified atom stereocenters. The molecule has 0 bridgehead atoms. The highest BCUT2D eigenvalue weighted by molar-refractivity contribution is 6.30. The highest BCUT2D eigenvalue weighted by Crippen LogP contribution is 2.27. The van der Waals surface area contributed by atoms with E-state index in [2.05, 4.69) is 15.7 Å².